The van der Waals surface area contributed by atoms with Crippen molar-refractivity contribution in [3.8, 4) is 0 Å². The standard InChI is InChI=1S/C35H38F6N4O2/c1-23-7-6-8-24(2)32(23)42-31(46)22-43-13-15-44(16-14-43)29-11-12-45(30(21-29)17-25-9-4-3-5-10-25)33(47)26-18-27(34(36,37)38)20-28(19-26)35(39,40)41/h3-10,18-20,29-30H,11-17,21-22H2,1-2H3,(H,42,46)/t29-,30+/m1/s1. The zero-order valence-corrected chi connectivity index (χ0v) is 26.3. The van der Waals surface area contributed by atoms with E-state index in [0.717, 1.165) is 22.4 Å². The van der Waals surface area contributed by atoms with Gasteiger partial charge in [0.2, 0.25) is 5.91 Å². The first kappa shape index (κ1) is 34.4. The molecule has 0 spiro atoms. The van der Waals surface area contributed by atoms with Crippen molar-refractivity contribution in [2.24, 2.45) is 0 Å². The number of piperidine rings is 1. The zero-order chi connectivity index (χ0) is 33.9. The van der Waals surface area contributed by atoms with Crippen LogP contribution < -0.4 is 5.32 Å². The molecule has 1 N–H and O–H groups in total. The van der Waals surface area contributed by atoms with Gasteiger partial charge in [0.15, 0.2) is 0 Å². The number of para-hydroxylation sites is 1. The number of halogens is 6. The molecular weight excluding hydrogens is 622 g/mol. The summed E-state index contributed by atoms with van der Waals surface area (Å²) in [6, 6.07) is 15.9. The predicted molar refractivity (Wildman–Crippen MR) is 167 cm³/mol. The highest BCUT2D eigenvalue weighted by Crippen LogP contribution is 2.37. The van der Waals surface area contributed by atoms with E-state index in [1.165, 1.54) is 4.90 Å². The Morgan fingerprint density at radius 3 is 1.96 bits per heavy atom. The molecule has 3 aromatic rings. The number of amides is 2. The third-order valence-electron chi connectivity index (χ3n) is 9.13. The number of hydrogen-bond acceptors (Lipinski definition) is 4. The maximum absolute atomic E-state index is 13.7. The zero-order valence-electron chi connectivity index (χ0n) is 26.3. The van der Waals surface area contributed by atoms with Gasteiger partial charge in [-0.1, -0.05) is 48.5 Å². The minimum absolute atomic E-state index is 0.0392. The smallest absolute Gasteiger partial charge is 0.335 e. The molecule has 2 heterocycles. The Balaban J connectivity index is 1.28. The molecule has 2 amide bonds. The van der Waals surface area contributed by atoms with E-state index >= 15 is 0 Å². The summed E-state index contributed by atoms with van der Waals surface area (Å²) in [5.74, 6) is -0.936. The molecule has 6 nitrogen and oxygen atoms in total. The van der Waals surface area contributed by atoms with Crippen LogP contribution in [0.4, 0.5) is 32.0 Å². The highest BCUT2D eigenvalue weighted by Gasteiger charge is 2.40. The second kappa shape index (κ2) is 14.1. The number of carbonyl (C=O) groups excluding carboxylic acids is 2. The van der Waals surface area contributed by atoms with E-state index in [0.29, 0.717) is 57.6 Å². The van der Waals surface area contributed by atoms with Crippen molar-refractivity contribution >= 4 is 17.5 Å². The molecule has 0 saturated carbocycles. The summed E-state index contributed by atoms with van der Waals surface area (Å²) in [6.45, 7) is 7.04. The van der Waals surface area contributed by atoms with Gasteiger partial charge in [-0.15, -0.1) is 0 Å². The lowest BCUT2D eigenvalue weighted by Gasteiger charge is -2.46. The second-order valence-corrected chi connectivity index (χ2v) is 12.4. The monoisotopic (exact) mass is 660 g/mol. The van der Waals surface area contributed by atoms with Crippen LogP contribution in [0.25, 0.3) is 0 Å². The molecule has 0 radical (unpaired) electrons. The number of carbonyl (C=O) groups is 2. The van der Waals surface area contributed by atoms with Crippen LogP contribution in [0.3, 0.4) is 0 Å². The van der Waals surface area contributed by atoms with Gasteiger partial charge in [0, 0.05) is 56.1 Å². The van der Waals surface area contributed by atoms with E-state index < -0.39 is 41.0 Å². The van der Waals surface area contributed by atoms with Crippen LogP contribution in [0.1, 0.15) is 51.0 Å². The van der Waals surface area contributed by atoms with Crippen LogP contribution >= 0.6 is 0 Å². The molecule has 252 valence electrons. The van der Waals surface area contributed by atoms with E-state index in [1.807, 2.05) is 62.4 Å². The molecule has 12 heteroatoms. The minimum atomic E-state index is -5.05. The van der Waals surface area contributed by atoms with Crippen molar-refractivity contribution in [2.45, 2.75) is 57.5 Å². The molecule has 2 fully saturated rings. The van der Waals surface area contributed by atoms with Crippen molar-refractivity contribution < 1.29 is 35.9 Å². The normalized spacial score (nSPS) is 19.9. The Labute approximate surface area is 270 Å². The average molecular weight is 661 g/mol. The fourth-order valence-corrected chi connectivity index (χ4v) is 6.63. The molecular formula is C35H38F6N4O2. The van der Waals surface area contributed by atoms with Gasteiger partial charge in [-0.3, -0.25) is 19.4 Å². The first-order valence-electron chi connectivity index (χ1n) is 15.7. The largest absolute Gasteiger partial charge is 0.416 e. The van der Waals surface area contributed by atoms with Crippen LogP contribution in [0.5, 0.6) is 0 Å². The lowest BCUT2D eigenvalue weighted by molar-refractivity contribution is -0.143. The van der Waals surface area contributed by atoms with Crippen molar-refractivity contribution in [1.29, 1.82) is 0 Å². The van der Waals surface area contributed by atoms with Crippen LogP contribution in [0.15, 0.2) is 66.7 Å². The van der Waals surface area contributed by atoms with Crippen LogP contribution in [-0.4, -0.2) is 77.9 Å². The topological polar surface area (TPSA) is 55.9 Å². The molecule has 2 saturated heterocycles. The summed E-state index contributed by atoms with van der Waals surface area (Å²) in [4.78, 5) is 32.4. The third kappa shape index (κ3) is 8.53. The molecule has 0 aliphatic carbocycles. The van der Waals surface area contributed by atoms with Gasteiger partial charge in [0.1, 0.15) is 0 Å². The molecule has 0 unspecified atom stereocenters. The first-order chi connectivity index (χ1) is 22.2. The molecule has 47 heavy (non-hydrogen) atoms. The highest BCUT2D eigenvalue weighted by molar-refractivity contribution is 5.95. The fraction of sp³-hybridized carbons (Fsp3) is 0.429. The summed E-state index contributed by atoms with van der Waals surface area (Å²) in [5.41, 5.74) is 0.0733. The number of likely N-dealkylation sites (tertiary alicyclic amines) is 1. The maximum Gasteiger partial charge on any atom is 0.416 e. The van der Waals surface area contributed by atoms with Crippen molar-refractivity contribution in [2.75, 3.05) is 44.6 Å². The van der Waals surface area contributed by atoms with Crippen molar-refractivity contribution in [3.05, 3.63) is 100 Å². The average Bonchev–Trinajstić information content (AvgIpc) is 3.02. The Bertz CT molecular complexity index is 1520. The number of hydrogen-bond donors (Lipinski definition) is 1. The number of alkyl halides is 6. The number of anilines is 1. The quantitative estimate of drug-likeness (QED) is 0.283. The summed E-state index contributed by atoms with van der Waals surface area (Å²) in [5, 5.41) is 3.03. The number of aryl methyl sites for hydroxylation is 2. The second-order valence-electron chi connectivity index (χ2n) is 12.4. The van der Waals surface area contributed by atoms with E-state index in [-0.39, 0.29) is 31.1 Å². The fourth-order valence-electron chi connectivity index (χ4n) is 6.63. The van der Waals surface area contributed by atoms with E-state index in [2.05, 4.69) is 15.1 Å². The molecule has 5 rings (SSSR count). The summed E-state index contributed by atoms with van der Waals surface area (Å²) in [7, 11) is 0. The molecule has 2 atom stereocenters. The van der Waals surface area contributed by atoms with Gasteiger partial charge in [-0.2, -0.15) is 26.3 Å². The van der Waals surface area contributed by atoms with Crippen LogP contribution in [0.2, 0.25) is 0 Å². The third-order valence-corrected chi connectivity index (χ3v) is 9.13. The van der Waals surface area contributed by atoms with E-state index in [9.17, 15) is 35.9 Å². The Morgan fingerprint density at radius 2 is 1.38 bits per heavy atom. The maximum atomic E-state index is 13.7. The van der Waals surface area contributed by atoms with E-state index in [4.69, 9.17) is 0 Å². The van der Waals surface area contributed by atoms with Crippen LogP contribution in [0, 0.1) is 13.8 Å². The van der Waals surface area contributed by atoms with Crippen molar-refractivity contribution in [3.63, 3.8) is 0 Å². The summed E-state index contributed by atoms with van der Waals surface area (Å²) in [6.07, 6.45) is -8.65. The Morgan fingerprint density at radius 1 is 0.787 bits per heavy atom. The summed E-state index contributed by atoms with van der Waals surface area (Å²) < 4.78 is 81.4. The predicted octanol–water partition coefficient (Wildman–Crippen LogP) is 6.81. The van der Waals surface area contributed by atoms with Crippen LogP contribution in [-0.2, 0) is 23.6 Å². The molecule has 3 aromatic carbocycles. The lowest BCUT2D eigenvalue weighted by atomic mass is 9.90. The van der Waals surface area contributed by atoms with Gasteiger partial charge in [-0.25, -0.2) is 0 Å². The highest BCUT2D eigenvalue weighted by atomic mass is 19.4. The van der Waals surface area contributed by atoms with Gasteiger partial charge in [0.25, 0.3) is 5.91 Å². The van der Waals surface area contributed by atoms with E-state index in [1.54, 1.807) is 0 Å². The number of rotatable bonds is 7. The van der Waals surface area contributed by atoms with Gasteiger partial charge in [0.05, 0.1) is 17.7 Å². The SMILES string of the molecule is Cc1cccc(C)c1NC(=O)CN1CCN([C@@H]2CCN(C(=O)c3cc(C(F)(F)F)cc(C(F)(F)F)c3)[C@@H](Cc3ccccc3)C2)CC1. The van der Waals surface area contributed by atoms with Gasteiger partial charge >= 0.3 is 12.4 Å². The molecule has 0 aromatic heterocycles. The Kier molecular flexibility index (Phi) is 10.3. The lowest BCUT2D eigenvalue weighted by Crippen LogP contribution is -2.57. The van der Waals surface area contributed by atoms with Crippen molar-refractivity contribution in [1.82, 2.24) is 14.7 Å². The first-order valence-corrected chi connectivity index (χ1v) is 15.7. The Hall–Kier alpha value is -3.90. The summed E-state index contributed by atoms with van der Waals surface area (Å²) >= 11 is 0. The molecule has 2 aliphatic heterocycles. The molecule has 0 bridgehead atoms. The number of nitrogens with one attached hydrogen (secondary N) is 1. The van der Waals surface area contributed by atoms with Gasteiger partial charge in [-0.05, 0) is 68.0 Å². The minimum Gasteiger partial charge on any atom is -0.335 e. The number of piperazine rings is 1. The molecule has 2 aliphatic rings. The number of nitrogens with zero attached hydrogens (tertiary/aromatic N) is 3. The number of benzene rings is 3. The van der Waals surface area contributed by atoms with Gasteiger partial charge < -0.3 is 10.2 Å².